The summed E-state index contributed by atoms with van der Waals surface area (Å²) in [5.74, 6) is 0. The summed E-state index contributed by atoms with van der Waals surface area (Å²) < 4.78 is 0. The number of benzene rings is 20. The Bertz CT molecular complexity index is 5810. The van der Waals surface area contributed by atoms with Gasteiger partial charge in [-0.25, -0.2) is 0 Å². The maximum absolute atomic E-state index is 2.40. The van der Waals surface area contributed by atoms with Crippen molar-refractivity contribution in [3.63, 3.8) is 0 Å². The molecule has 0 aliphatic heterocycles. The van der Waals surface area contributed by atoms with Crippen LogP contribution in [-0.4, -0.2) is 0 Å². The number of hydrogen-bond acceptors (Lipinski definition) is 0. The highest BCUT2D eigenvalue weighted by Gasteiger charge is 2.29. The van der Waals surface area contributed by atoms with Crippen LogP contribution in [0.15, 0.2) is 388 Å². The number of rotatable bonds is 8. The zero-order valence-electron chi connectivity index (χ0n) is 55.0. The smallest absolute Gasteiger partial charge is 0.000138 e. The molecule has 20 aromatic carbocycles. The molecule has 0 nitrogen and oxygen atoms in total. The van der Waals surface area contributed by atoms with Gasteiger partial charge < -0.3 is 0 Å². The van der Waals surface area contributed by atoms with Crippen LogP contribution in [0.4, 0.5) is 0 Å². The van der Waals surface area contributed by atoms with Crippen LogP contribution >= 0.6 is 0 Å². The highest BCUT2D eigenvalue weighted by molar-refractivity contribution is 6.36. The first kappa shape index (κ1) is 58.4. The van der Waals surface area contributed by atoms with Crippen molar-refractivity contribution in [2.45, 2.75) is 0 Å². The quantitative estimate of drug-likeness (QED) is 0.133. The second kappa shape index (κ2) is 24.6. The maximum atomic E-state index is 2.40. The van der Waals surface area contributed by atoms with Gasteiger partial charge in [-0.05, 0) is 221 Å². The van der Waals surface area contributed by atoms with E-state index >= 15 is 0 Å². The maximum Gasteiger partial charge on any atom is -0.000138 e. The molecule has 20 aromatic rings. The first-order valence-electron chi connectivity index (χ1n) is 34.7. The summed E-state index contributed by atoms with van der Waals surface area (Å²) in [6, 6.07) is 143. The van der Waals surface area contributed by atoms with Gasteiger partial charge >= 0.3 is 0 Å². The second-order valence-electron chi connectivity index (χ2n) is 26.4. The second-order valence-corrected chi connectivity index (χ2v) is 26.4. The van der Waals surface area contributed by atoms with Crippen LogP contribution in [0.3, 0.4) is 0 Å². The molecular weight excluding hydrogens is 1200 g/mol. The van der Waals surface area contributed by atoms with Crippen LogP contribution in [0.25, 0.3) is 197 Å². The molecule has 0 amide bonds. The van der Waals surface area contributed by atoms with Gasteiger partial charge in [-0.15, -0.1) is 0 Å². The minimum absolute atomic E-state index is 1.21. The Labute approximate surface area is 581 Å². The number of fused-ring (bicyclic) bond motifs is 10. The Morgan fingerprint density at radius 1 is 0.100 bits per heavy atom. The van der Waals surface area contributed by atoms with Gasteiger partial charge in [-0.1, -0.05) is 364 Å². The molecule has 0 radical (unpaired) electrons. The van der Waals surface area contributed by atoms with Gasteiger partial charge in [-0.3, -0.25) is 0 Å². The zero-order valence-corrected chi connectivity index (χ0v) is 55.0. The number of hydrogen-bond donors (Lipinski definition) is 0. The Morgan fingerprint density at radius 2 is 0.250 bits per heavy atom. The summed E-state index contributed by atoms with van der Waals surface area (Å²) in [5.41, 5.74) is 19.9. The molecule has 0 aromatic heterocycles. The minimum Gasteiger partial charge on any atom is -0.0622 e. The summed E-state index contributed by atoms with van der Waals surface area (Å²) >= 11 is 0. The van der Waals surface area contributed by atoms with Crippen LogP contribution in [-0.2, 0) is 0 Å². The molecule has 0 fully saturated rings. The Hall–Kier alpha value is -13.0. The minimum atomic E-state index is 1.21. The highest BCUT2D eigenvalue weighted by Crippen LogP contribution is 2.56. The van der Waals surface area contributed by atoms with Crippen molar-refractivity contribution < 1.29 is 0 Å². The summed E-state index contributed by atoms with van der Waals surface area (Å²) in [7, 11) is 0. The van der Waals surface area contributed by atoms with E-state index in [1.807, 2.05) is 0 Å². The fourth-order valence-electron chi connectivity index (χ4n) is 16.5. The lowest BCUT2D eigenvalue weighted by Crippen LogP contribution is -1.98. The molecule has 0 aliphatic carbocycles. The first-order valence-corrected chi connectivity index (χ1v) is 34.7. The van der Waals surface area contributed by atoms with Gasteiger partial charge in [0.1, 0.15) is 0 Å². The van der Waals surface area contributed by atoms with Gasteiger partial charge in [0.2, 0.25) is 0 Å². The Kier molecular flexibility index (Phi) is 14.3. The monoisotopic (exact) mass is 1260 g/mol. The molecule has 464 valence electrons. The van der Waals surface area contributed by atoms with E-state index in [0.29, 0.717) is 0 Å². The van der Waals surface area contributed by atoms with Crippen molar-refractivity contribution in [3.05, 3.63) is 388 Å². The van der Waals surface area contributed by atoms with E-state index in [1.54, 1.807) is 0 Å². The summed E-state index contributed by atoms with van der Waals surface area (Å²) in [4.78, 5) is 0. The average Bonchev–Trinajstić information content (AvgIpc) is 0.703. The molecular formula is C100H64. The molecule has 0 saturated carbocycles. The van der Waals surface area contributed by atoms with E-state index in [-0.39, 0.29) is 0 Å². The predicted octanol–water partition coefficient (Wildman–Crippen LogP) is 28.2. The van der Waals surface area contributed by atoms with Gasteiger partial charge in [0.15, 0.2) is 0 Å². The van der Waals surface area contributed by atoms with Gasteiger partial charge in [0, 0.05) is 0 Å². The average molecular weight is 1270 g/mol. The summed E-state index contributed by atoms with van der Waals surface area (Å²) in [6.07, 6.45) is 0. The van der Waals surface area contributed by atoms with Crippen molar-refractivity contribution >= 4 is 108 Å². The largest absolute Gasteiger partial charge is 0.0622 e. The molecule has 0 spiro atoms. The van der Waals surface area contributed by atoms with Gasteiger partial charge in [-0.2, -0.15) is 0 Å². The molecule has 100 heavy (non-hydrogen) atoms. The molecule has 0 bridgehead atoms. The van der Waals surface area contributed by atoms with Crippen molar-refractivity contribution in [3.8, 4) is 89.0 Å². The van der Waals surface area contributed by atoms with Gasteiger partial charge in [0.25, 0.3) is 0 Å². The lowest BCUT2D eigenvalue weighted by molar-refractivity contribution is 1.63. The molecule has 0 heterocycles. The topological polar surface area (TPSA) is 0 Å². The van der Waals surface area contributed by atoms with Crippen molar-refractivity contribution in [2.24, 2.45) is 0 Å². The van der Waals surface area contributed by atoms with Crippen LogP contribution in [0.1, 0.15) is 0 Å². The van der Waals surface area contributed by atoms with Crippen molar-refractivity contribution in [2.75, 3.05) is 0 Å². The molecule has 0 N–H and O–H groups in total. The third-order valence-corrected chi connectivity index (χ3v) is 20.8. The van der Waals surface area contributed by atoms with E-state index in [4.69, 9.17) is 0 Å². The standard InChI is InChI=1S/C58H36.C42H28/c1-5-17-41-33-45(29-25-37(41)13-1)53-49-21-9-10-22-50(49)55(47-31-27-39-15-3-7-19-43(39)35-47)58-56(48-32-28-40-16-4-8-20-44(40)36-48)52-24-12-11-23-51(52)54(57(53)58)46-30-26-38-14-2-6-18-42(38)34-46;1-5-17-29(18-6-1)37-33-25-13-14-26-34(33)39(31-21-9-3-10-22-31)42-40(32-23-11-4-12-24-32)36-28-16-15-27-35(36)38(41(37)42)30-19-7-2-8-20-30/h1-36H;1-28H. The Morgan fingerprint density at radius 3 is 0.440 bits per heavy atom. The van der Waals surface area contributed by atoms with Crippen molar-refractivity contribution in [1.29, 1.82) is 0 Å². The molecule has 0 aliphatic rings. The van der Waals surface area contributed by atoms with Crippen LogP contribution in [0.2, 0.25) is 0 Å². The van der Waals surface area contributed by atoms with E-state index < -0.39 is 0 Å². The summed E-state index contributed by atoms with van der Waals surface area (Å²) in [5, 5.41) is 25.1. The van der Waals surface area contributed by atoms with E-state index in [2.05, 4.69) is 388 Å². The van der Waals surface area contributed by atoms with E-state index in [9.17, 15) is 0 Å². The highest BCUT2D eigenvalue weighted by atomic mass is 14.3. The molecule has 0 unspecified atom stereocenters. The predicted molar refractivity (Wildman–Crippen MR) is 431 cm³/mol. The SMILES string of the molecule is c1ccc(-c2c3ccccc3c(-c3ccccc3)c3c(-c4ccccc4)c4ccccc4c(-c4ccccc4)c23)cc1.c1ccc2cc(-c3c4ccccc4c(-c4ccc5ccccc5c4)c4c(-c5ccc6ccccc6c5)c5ccccc5c(-c5ccc6ccccc6c5)c34)ccc2c1. The summed E-state index contributed by atoms with van der Waals surface area (Å²) in [6.45, 7) is 0. The lowest BCUT2D eigenvalue weighted by Gasteiger charge is -2.25. The fraction of sp³-hybridized carbons (Fsp3) is 0. The third kappa shape index (κ3) is 9.83. The molecule has 20 rings (SSSR count). The van der Waals surface area contributed by atoms with Crippen LogP contribution in [0, 0.1) is 0 Å². The third-order valence-electron chi connectivity index (χ3n) is 20.8. The van der Waals surface area contributed by atoms with Crippen LogP contribution in [0.5, 0.6) is 0 Å². The zero-order chi connectivity index (χ0) is 66.0. The van der Waals surface area contributed by atoms with E-state index in [0.717, 1.165) is 0 Å². The van der Waals surface area contributed by atoms with Crippen LogP contribution < -0.4 is 0 Å². The van der Waals surface area contributed by atoms with Crippen molar-refractivity contribution in [1.82, 2.24) is 0 Å². The lowest BCUT2D eigenvalue weighted by atomic mass is 9.77. The molecule has 0 heteroatoms. The van der Waals surface area contributed by atoms with Gasteiger partial charge in [0.05, 0.1) is 0 Å². The molecule has 0 atom stereocenters. The Balaban J connectivity index is 0.000000147. The normalized spacial score (nSPS) is 11.6. The van der Waals surface area contributed by atoms with E-state index in [1.165, 1.54) is 197 Å². The molecule has 0 saturated heterocycles. The fourth-order valence-corrected chi connectivity index (χ4v) is 16.5. The first-order chi connectivity index (χ1) is 49.7.